The van der Waals surface area contributed by atoms with Gasteiger partial charge in [0.2, 0.25) is 0 Å². The number of nitrogens with zero attached hydrogens (tertiary/aromatic N) is 2. The smallest absolute Gasteiger partial charge is 0.334 e. The van der Waals surface area contributed by atoms with Gasteiger partial charge in [0.25, 0.3) is 5.91 Å². The van der Waals surface area contributed by atoms with Crippen LogP contribution in [-0.2, 0) is 16.1 Å². The lowest BCUT2D eigenvalue weighted by atomic mass is 9.97. The van der Waals surface area contributed by atoms with Crippen LogP contribution in [0.3, 0.4) is 0 Å². The minimum Gasteiger partial charge on any atom is -0.334 e. The summed E-state index contributed by atoms with van der Waals surface area (Å²) in [5.41, 5.74) is 8.09. The van der Waals surface area contributed by atoms with Crippen molar-refractivity contribution in [1.82, 2.24) is 15.1 Å². The topological polar surface area (TPSA) is 81.1 Å². The minimum absolute atomic E-state index is 0.201. The molecule has 0 aliphatic rings. The number of terminal acetylenes is 1. The molecular formula is C35H31N3O3. The van der Waals surface area contributed by atoms with Gasteiger partial charge in [-0.15, -0.1) is 6.42 Å². The van der Waals surface area contributed by atoms with Crippen LogP contribution in [0.2, 0.25) is 0 Å². The largest absolute Gasteiger partial charge is 0.373 e. The number of hydrogen-bond acceptors (Lipinski definition) is 4. The number of aryl methyl sites for hydroxylation is 1. The molecule has 0 spiro atoms. The normalized spacial score (nSPS) is 11.2. The summed E-state index contributed by atoms with van der Waals surface area (Å²) in [7, 11) is 0. The molecule has 6 heteroatoms. The Hall–Kier alpha value is -5.24. The third-order valence-electron chi connectivity index (χ3n) is 6.94. The highest BCUT2D eigenvalue weighted by atomic mass is 16.2. The van der Waals surface area contributed by atoms with Crippen molar-refractivity contribution in [2.24, 2.45) is 0 Å². The van der Waals surface area contributed by atoms with E-state index in [-0.39, 0.29) is 12.1 Å². The van der Waals surface area contributed by atoms with Crippen LogP contribution < -0.4 is 5.32 Å². The summed E-state index contributed by atoms with van der Waals surface area (Å²) in [6.45, 7) is 6.90. The first-order valence-electron chi connectivity index (χ1n) is 13.3. The zero-order valence-corrected chi connectivity index (χ0v) is 23.3. The third kappa shape index (κ3) is 6.86. The maximum atomic E-state index is 13.2. The van der Waals surface area contributed by atoms with Crippen LogP contribution in [-0.4, -0.2) is 21.8 Å². The highest BCUT2D eigenvalue weighted by Gasteiger charge is 2.17. The molecule has 1 heterocycles. The van der Waals surface area contributed by atoms with Gasteiger partial charge < -0.3 is 5.32 Å². The Labute approximate surface area is 240 Å². The van der Waals surface area contributed by atoms with Crippen molar-refractivity contribution in [3.05, 3.63) is 125 Å². The first-order valence-corrected chi connectivity index (χ1v) is 13.3. The van der Waals surface area contributed by atoms with Gasteiger partial charge in [-0.1, -0.05) is 98.6 Å². The highest BCUT2D eigenvalue weighted by molar-refractivity contribution is 5.99. The zero-order valence-electron chi connectivity index (χ0n) is 23.3. The number of amides is 1. The van der Waals surface area contributed by atoms with Gasteiger partial charge in [-0.3, -0.25) is 9.48 Å². The number of benzene rings is 4. The van der Waals surface area contributed by atoms with Crippen molar-refractivity contribution in [3.8, 4) is 23.5 Å². The number of fused-ring (bicyclic) bond motifs is 1. The van der Waals surface area contributed by atoms with E-state index < -0.39 is 6.04 Å². The summed E-state index contributed by atoms with van der Waals surface area (Å²) in [6.07, 6.45) is 6.06. The molecule has 1 atom stereocenters. The fourth-order valence-corrected chi connectivity index (χ4v) is 4.74. The second-order valence-corrected chi connectivity index (χ2v) is 10.0. The SMILES string of the molecule is C#C[C@H](NC(=O)c1ccc2c(c1)c(C)nn2Cc1ccc(-c2ccccc2)cc1)c1cccc(C(C)C)c1.O=C=O. The average Bonchev–Trinajstić information content (AvgIpc) is 3.31. The summed E-state index contributed by atoms with van der Waals surface area (Å²) in [5, 5.41) is 8.74. The molecule has 5 rings (SSSR count). The number of aromatic nitrogens is 2. The Balaban J connectivity index is 0.00000124. The molecular weight excluding hydrogens is 510 g/mol. The van der Waals surface area contributed by atoms with Crippen molar-refractivity contribution >= 4 is 23.0 Å². The van der Waals surface area contributed by atoms with E-state index in [1.807, 2.05) is 60.1 Å². The number of rotatable bonds is 7. The van der Waals surface area contributed by atoms with E-state index in [0.717, 1.165) is 27.7 Å². The van der Waals surface area contributed by atoms with Gasteiger partial charge in [-0.05, 0) is 58.9 Å². The van der Waals surface area contributed by atoms with E-state index in [1.165, 1.54) is 16.7 Å². The molecule has 0 aliphatic carbocycles. The highest BCUT2D eigenvalue weighted by Crippen LogP contribution is 2.24. The first kappa shape index (κ1) is 28.8. The molecule has 0 bridgehead atoms. The second-order valence-electron chi connectivity index (χ2n) is 10.0. The van der Waals surface area contributed by atoms with Gasteiger partial charge in [0, 0.05) is 10.9 Å². The van der Waals surface area contributed by atoms with Crippen molar-refractivity contribution in [3.63, 3.8) is 0 Å². The first-order chi connectivity index (χ1) is 19.8. The molecule has 1 N–H and O–H groups in total. The molecule has 1 aromatic heterocycles. The van der Waals surface area contributed by atoms with Gasteiger partial charge in [-0.25, -0.2) is 0 Å². The predicted octanol–water partition coefficient (Wildman–Crippen LogP) is 6.70. The molecule has 204 valence electrons. The van der Waals surface area contributed by atoms with Gasteiger partial charge in [0.05, 0.1) is 17.8 Å². The third-order valence-corrected chi connectivity index (χ3v) is 6.94. The summed E-state index contributed by atoms with van der Waals surface area (Å²) < 4.78 is 1.99. The summed E-state index contributed by atoms with van der Waals surface area (Å²) in [5.74, 6) is 2.91. The van der Waals surface area contributed by atoms with E-state index in [1.54, 1.807) is 0 Å². The van der Waals surface area contributed by atoms with Crippen molar-refractivity contribution in [1.29, 1.82) is 0 Å². The molecule has 5 aromatic rings. The number of carbonyl (C=O) groups excluding carboxylic acids is 3. The maximum Gasteiger partial charge on any atom is 0.373 e. The quantitative estimate of drug-likeness (QED) is 0.232. The predicted molar refractivity (Wildman–Crippen MR) is 160 cm³/mol. The van der Waals surface area contributed by atoms with E-state index in [0.29, 0.717) is 18.0 Å². The minimum atomic E-state index is -0.500. The van der Waals surface area contributed by atoms with Gasteiger partial charge in [0.15, 0.2) is 0 Å². The lowest BCUT2D eigenvalue weighted by molar-refractivity contribution is -0.191. The van der Waals surface area contributed by atoms with E-state index in [9.17, 15) is 4.79 Å². The number of hydrogen-bond donors (Lipinski definition) is 1. The van der Waals surface area contributed by atoms with E-state index >= 15 is 0 Å². The number of nitrogens with one attached hydrogen (secondary N) is 1. The van der Waals surface area contributed by atoms with Crippen LogP contribution in [0, 0.1) is 19.3 Å². The molecule has 1 amide bonds. The standard InChI is InChI=1S/C34H31N3O.CO2/c1-5-32(29-13-9-12-28(20-29)23(2)3)35-34(38)30-18-19-33-31(21-30)24(4)36-37(33)22-25-14-16-27(17-15-25)26-10-7-6-8-11-26;2-1-3/h1,6-21,23,32H,22H2,2-4H3,(H,35,38);/t32-;/m0./s1. The van der Waals surface area contributed by atoms with Gasteiger partial charge >= 0.3 is 6.15 Å². The Morgan fingerprint density at radius 1 is 0.878 bits per heavy atom. The van der Waals surface area contributed by atoms with Crippen molar-refractivity contribution < 1.29 is 14.4 Å². The van der Waals surface area contributed by atoms with E-state index in [2.05, 4.69) is 73.6 Å². The maximum absolute atomic E-state index is 13.2. The monoisotopic (exact) mass is 541 g/mol. The van der Waals surface area contributed by atoms with Gasteiger partial charge in [0.1, 0.15) is 6.04 Å². The van der Waals surface area contributed by atoms with Gasteiger partial charge in [-0.2, -0.15) is 14.7 Å². The summed E-state index contributed by atoms with van der Waals surface area (Å²) in [4.78, 5) is 29.4. The molecule has 4 aromatic carbocycles. The molecule has 0 radical (unpaired) electrons. The van der Waals surface area contributed by atoms with Crippen LogP contribution >= 0.6 is 0 Å². The Kier molecular flexibility index (Phi) is 9.27. The molecule has 0 saturated heterocycles. The van der Waals surface area contributed by atoms with Crippen LogP contribution in [0.1, 0.15) is 58.5 Å². The average molecular weight is 542 g/mol. The lowest BCUT2D eigenvalue weighted by Crippen LogP contribution is -2.27. The second kappa shape index (κ2) is 13.2. The fraction of sp³-hybridized carbons (Fsp3) is 0.171. The van der Waals surface area contributed by atoms with Crippen LogP contribution in [0.15, 0.2) is 97.1 Å². The zero-order chi connectivity index (χ0) is 29.4. The van der Waals surface area contributed by atoms with Crippen LogP contribution in [0.5, 0.6) is 0 Å². The number of carbonyl (C=O) groups is 1. The Bertz CT molecular complexity index is 1720. The van der Waals surface area contributed by atoms with Crippen molar-refractivity contribution in [2.45, 2.75) is 39.3 Å². The molecule has 41 heavy (non-hydrogen) atoms. The summed E-state index contributed by atoms with van der Waals surface area (Å²) in [6, 6.07) is 32.2. The molecule has 0 fully saturated rings. The van der Waals surface area contributed by atoms with Crippen LogP contribution in [0.25, 0.3) is 22.0 Å². The fourth-order valence-electron chi connectivity index (χ4n) is 4.74. The molecule has 0 aliphatic heterocycles. The molecule has 0 unspecified atom stereocenters. The molecule has 6 nitrogen and oxygen atoms in total. The summed E-state index contributed by atoms with van der Waals surface area (Å²) >= 11 is 0. The molecule has 0 saturated carbocycles. The van der Waals surface area contributed by atoms with E-state index in [4.69, 9.17) is 21.1 Å². The Morgan fingerprint density at radius 3 is 2.20 bits per heavy atom. The lowest BCUT2D eigenvalue weighted by Gasteiger charge is -2.16. The Morgan fingerprint density at radius 2 is 1.54 bits per heavy atom. The van der Waals surface area contributed by atoms with Crippen molar-refractivity contribution in [2.75, 3.05) is 0 Å². The van der Waals surface area contributed by atoms with Crippen LogP contribution in [0.4, 0.5) is 0 Å².